The summed E-state index contributed by atoms with van der Waals surface area (Å²) in [4.78, 5) is 12.0. The van der Waals surface area contributed by atoms with E-state index in [9.17, 15) is 4.79 Å². The smallest absolute Gasteiger partial charge is 0.247 e. The van der Waals surface area contributed by atoms with Crippen LogP contribution in [0, 0.1) is 0 Å². The zero-order chi connectivity index (χ0) is 19.1. The summed E-state index contributed by atoms with van der Waals surface area (Å²) >= 11 is 5.87. The van der Waals surface area contributed by atoms with Gasteiger partial charge in [-0.2, -0.15) is 0 Å². The van der Waals surface area contributed by atoms with E-state index >= 15 is 0 Å². The van der Waals surface area contributed by atoms with Crippen molar-refractivity contribution in [2.24, 2.45) is 0 Å². The van der Waals surface area contributed by atoms with E-state index in [2.05, 4.69) is 15.5 Å². The fourth-order valence-corrected chi connectivity index (χ4v) is 2.74. The fraction of sp³-hybridized carbons (Fsp3) is 0.250. The summed E-state index contributed by atoms with van der Waals surface area (Å²) in [6.07, 6.45) is 1.38. The first kappa shape index (κ1) is 18.9. The Morgan fingerprint density at radius 1 is 1.11 bits per heavy atom. The molecule has 0 unspecified atom stereocenters. The van der Waals surface area contributed by atoms with Crippen LogP contribution < -0.4 is 10.1 Å². The highest BCUT2D eigenvalue weighted by atomic mass is 35.5. The van der Waals surface area contributed by atoms with Crippen LogP contribution in [0.2, 0.25) is 5.02 Å². The minimum Gasteiger partial charge on any atom is -0.496 e. The number of hydrogen-bond donors (Lipinski definition) is 1. The molecule has 3 aromatic rings. The summed E-state index contributed by atoms with van der Waals surface area (Å²) in [5.74, 6) is 1.61. The van der Waals surface area contributed by atoms with Crippen molar-refractivity contribution in [1.82, 2.24) is 15.5 Å². The number of ether oxygens (including phenoxy) is 1. The van der Waals surface area contributed by atoms with Gasteiger partial charge >= 0.3 is 0 Å². The summed E-state index contributed by atoms with van der Waals surface area (Å²) < 4.78 is 10.9. The number of benzene rings is 2. The molecular weight excluding hydrogens is 366 g/mol. The van der Waals surface area contributed by atoms with E-state index in [1.165, 1.54) is 0 Å². The number of rotatable bonds is 8. The van der Waals surface area contributed by atoms with Crippen LogP contribution in [0.1, 0.15) is 17.9 Å². The van der Waals surface area contributed by atoms with Crippen molar-refractivity contribution in [3.8, 4) is 17.2 Å². The van der Waals surface area contributed by atoms with E-state index in [1.807, 2.05) is 36.4 Å². The Bertz CT molecular complexity index is 893. The SMILES string of the molecule is COc1ccccc1CCNC(=O)CCc1nnc(-c2ccc(Cl)cc2)o1. The lowest BCUT2D eigenvalue weighted by molar-refractivity contribution is -0.121. The quantitative estimate of drug-likeness (QED) is 0.639. The number of carbonyl (C=O) groups is 1. The Balaban J connectivity index is 1.45. The fourth-order valence-electron chi connectivity index (χ4n) is 2.62. The Kier molecular flexibility index (Phi) is 6.44. The Morgan fingerprint density at radius 3 is 2.67 bits per heavy atom. The lowest BCUT2D eigenvalue weighted by Crippen LogP contribution is -2.26. The second-order valence-corrected chi connectivity index (χ2v) is 6.36. The largest absolute Gasteiger partial charge is 0.496 e. The molecule has 0 atom stereocenters. The molecule has 7 heteroatoms. The van der Waals surface area contributed by atoms with Crippen molar-refractivity contribution in [1.29, 1.82) is 0 Å². The van der Waals surface area contributed by atoms with Crippen LogP contribution in [-0.4, -0.2) is 29.8 Å². The summed E-state index contributed by atoms with van der Waals surface area (Å²) in [6, 6.07) is 14.9. The number of nitrogens with one attached hydrogen (secondary N) is 1. The van der Waals surface area contributed by atoms with Crippen LogP contribution in [0.25, 0.3) is 11.5 Å². The van der Waals surface area contributed by atoms with Gasteiger partial charge in [-0.05, 0) is 42.3 Å². The Labute approximate surface area is 162 Å². The number of amides is 1. The van der Waals surface area contributed by atoms with Crippen LogP contribution in [-0.2, 0) is 17.6 Å². The van der Waals surface area contributed by atoms with E-state index in [0.29, 0.717) is 36.2 Å². The summed E-state index contributed by atoms with van der Waals surface area (Å²) in [7, 11) is 1.64. The van der Waals surface area contributed by atoms with Gasteiger partial charge in [0.15, 0.2) is 0 Å². The Morgan fingerprint density at radius 2 is 1.89 bits per heavy atom. The molecule has 27 heavy (non-hydrogen) atoms. The molecule has 1 heterocycles. The van der Waals surface area contributed by atoms with Gasteiger partial charge in [0, 0.05) is 30.0 Å². The van der Waals surface area contributed by atoms with Gasteiger partial charge in [-0.3, -0.25) is 4.79 Å². The lowest BCUT2D eigenvalue weighted by atomic mass is 10.1. The summed E-state index contributed by atoms with van der Waals surface area (Å²) in [6.45, 7) is 0.541. The third-order valence-corrected chi connectivity index (χ3v) is 4.28. The van der Waals surface area contributed by atoms with E-state index in [0.717, 1.165) is 16.9 Å². The number of nitrogens with zero attached hydrogens (tertiary/aromatic N) is 2. The number of hydrogen-bond acceptors (Lipinski definition) is 5. The molecule has 0 saturated heterocycles. The predicted octanol–water partition coefficient (Wildman–Crippen LogP) is 3.69. The van der Waals surface area contributed by atoms with Crippen LogP contribution in [0.15, 0.2) is 52.9 Å². The normalized spacial score (nSPS) is 10.6. The van der Waals surface area contributed by atoms with Crippen LogP contribution in [0.5, 0.6) is 5.75 Å². The average Bonchev–Trinajstić information content (AvgIpc) is 3.16. The molecule has 0 radical (unpaired) electrons. The number of para-hydroxylation sites is 1. The zero-order valence-corrected chi connectivity index (χ0v) is 15.7. The maximum absolute atomic E-state index is 12.0. The molecule has 3 rings (SSSR count). The van der Waals surface area contributed by atoms with Crippen molar-refractivity contribution in [2.75, 3.05) is 13.7 Å². The molecule has 1 aromatic heterocycles. The number of halogens is 1. The minimum absolute atomic E-state index is 0.0591. The molecule has 1 amide bonds. The highest BCUT2D eigenvalue weighted by Gasteiger charge is 2.11. The maximum Gasteiger partial charge on any atom is 0.247 e. The first-order valence-electron chi connectivity index (χ1n) is 8.62. The highest BCUT2D eigenvalue weighted by Crippen LogP contribution is 2.20. The van der Waals surface area contributed by atoms with Gasteiger partial charge in [0.1, 0.15) is 5.75 Å². The van der Waals surface area contributed by atoms with Crippen LogP contribution in [0.4, 0.5) is 0 Å². The zero-order valence-electron chi connectivity index (χ0n) is 14.9. The number of aryl methyl sites for hydroxylation is 1. The van der Waals surface area contributed by atoms with E-state index in [4.69, 9.17) is 20.8 Å². The molecule has 0 aliphatic heterocycles. The molecular formula is C20H20ClN3O3. The highest BCUT2D eigenvalue weighted by molar-refractivity contribution is 6.30. The first-order valence-corrected chi connectivity index (χ1v) is 9.00. The van der Waals surface area contributed by atoms with E-state index < -0.39 is 0 Å². The van der Waals surface area contributed by atoms with Crippen LogP contribution >= 0.6 is 11.6 Å². The lowest BCUT2D eigenvalue weighted by Gasteiger charge is -2.08. The van der Waals surface area contributed by atoms with E-state index in [1.54, 1.807) is 19.2 Å². The van der Waals surface area contributed by atoms with Crippen molar-refractivity contribution < 1.29 is 13.9 Å². The van der Waals surface area contributed by atoms with Crippen molar-refractivity contribution in [3.63, 3.8) is 0 Å². The van der Waals surface area contributed by atoms with Crippen molar-refractivity contribution in [2.45, 2.75) is 19.3 Å². The van der Waals surface area contributed by atoms with Gasteiger partial charge in [-0.1, -0.05) is 29.8 Å². The second-order valence-electron chi connectivity index (χ2n) is 5.92. The van der Waals surface area contributed by atoms with Crippen molar-refractivity contribution >= 4 is 17.5 Å². The predicted molar refractivity (Wildman–Crippen MR) is 103 cm³/mol. The van der Waals surface area contributed by atoms with Gasteiger partial charge in [-0.15, -0.1) is 10.2 Å². The summed E-state index contributed by atoms with van der Waals surface area (Å²) in [5.41, 5.74) is 1.85. The number of aromatic nitrogens is 2. The average molecular weight is 386 g/mol. The topological polar surface area (TPSA) is 77.2 Å². The van der Waals surface area contributed by atoms with Gasteiger partial charge in [0.2, 0.25) is 17.7 Å². The van der Waals surface area contributed by atoms with Gasteiger partial charge < -0.3 is 14.5 Å². The number of methoxy groups -OCH3 is 1. The monoisotopic (exact) mass is 385 g/mol. The minimum atomic E-state index is -0.0591. The summed E-state index contributed by atoms with van der Waals surface area (Å²) in [5, 5.41) is 11.5. The first-order chi connectivity index (χ1) is 13.2. The maximum atomic E-state index is 12.0. The molecule has 1 N–H and O–H groups in total. The van der Waals surface area contributed by atoms with Gasteiger partial charge in [0.25, 0.3) is 0 Å². The molecule has 140 valence electrons. The van der Waals surface area contributed by atoms with Gasteiger partial charge in [0.05, 0.1) is 7.11 Å². The van der Waals surface area contributed by atoms with E-state index in [-0.39, 0.29) is 12.3 Å². The molecule has 0 fully saturated rings. The van der Waals surface area contributed by atoms with Crippen molar-refractivity contribution in [3.05, 3.63) is 65.0 Å². The molecule has 0 bridgehead atoms. The molecule has 0 spiro atoms. The second kappa shape index (κ2) is 9.19. The molecule has 2 aromatic carbocycles. The Hall–Kier alpha value is -2.86. The van der Waals surface area contributed by atoms with Crippen LogP contribution in [0.3, 0.4) is 0 Å². The third-order valence-electron chi connectivity index (χ3n) is 4.03. The molecule has 0 saturated carbocycles. The molecule has 0 aliphatic carbocycles. The van der Waals surface area contributed by atoms with Gasteiger partial charge in [-0.25, -0.2) is 0 Å². The number of carbonyl (C=O) groups excluding carboxylic acids is 1. The molecule has 6 nitrogen and oxygen atoms in total. The molecule has 0 aliphatic rings. The standard InChI is InChI=1S/C20H20ClN3O3/c1-26-17-5-3-2-4-14(17)12-13-22-18(25)10-11-19-23-24-20(27-19)15-6-8-16(21)9-7-15/h2-9H,10-13H2,1H3,(H,22,25). The third kappa shape index (κ3) is 5.31.